The largest absolute Gasteiger partial charge is 0.490 e. The third-order valence-corrected chi connectivity index (χ3v) is 4.06. The van der Waals surface area contributed by atoms with Gasteiger partial charge < -0.3 is 10.5 Å². The number of nitrogens with two attached hydrogens (primary N) is 1. The Morgan fingerprint density at radius 1 is 1.39 bits per heavy atom. The van der Waals surface area contributed by atoms with Gasteiger partial charge in [0.25, 0.3) is 0 Å². The van der Waals surface area contributed by atoms with Crippen molar-refractivity contribution >= 4 is 0 Å². The van der Waals surface area contributed by atoms with E-state index in [0.717, 1.165) is 12.0 Å². The van der Waals surface area contributed by atoms with Crippen LogP contribution in [0.3, 0.4) is 0 Å². The van der Waals surface area contributed by atoms with E-state index in [2.05, 4.69) is 27.7 Å². The van der Waals surface area contributed by atoms with E-state index in [4.69, 9.17) is 10.5 Å². The van der Waals surface area contributed by atoms with Gasteiger partial charge >= 0.3 is 0 Å². The summed E-state index contributed by atoms with van der Waals surface area (Å²) in [6.45, 7) is 8.73. The van der Waals surface area contributed by atoms with Crippen LogP contribution in [0, 0.1) is 17.2 Å². The minimum absolute atomic E-state index is 0.0503. The Kier molecular flexibility index (Phi) is 3.37. The van der Waals surface area contributed by atoms with Crippen LogP contribution in [0.5, 0.6) is 5.75 Å². The number of ether oxygens (including phenoxy) is 1. The number of hydrogen-bond donors (Lipinski definition) is 1. The van der Waals surface area contributed by atoms with E-state index in [0.29, 0.717) is 11.7 Å². The second kappa shape index (κ2) is 4.54. The number of fused-ring (bicyclic) bond motifs is 1. The number of hydrogen-bond acceptors (Lipinski definition) is 2. The fraction of sp³-hybridized carbons (Fsp3) is 0.600. The molecule has 0 saturated heterocycles. The zero-order chi connectivity index (χ0) is 13.5. The van der Waals surface area contributed by atoms with Crippen molar-refractivity contribution in [1.29, 1.82) is 0 Å². The van der Waals surface area contributed by atoms with Crippen LogP contribution in [0.1, 0.15) is 45.7 Å². The van der Waals surface area contributed by atoms with Crippen molar-refractivity contribution in [3.8, 4) is 5.75 Å². The maximum absolute atomic E-state index is 13.3. The van der Waals surface area contributed by atoms with Crippen molar-refractivity contribution in [3.63, 3.8) is 0 Å². The Hall–Kier alpha value is -1.09. The molecule has 0 amide bonds. The molecule has 3 unspecified atom stereocenters. The lowest BCUT2D eigenvalue weighted by molar-refractivity contribution is 0.0500. The highest BCUT2D eigenvalue weighted by molar-refractivity contribution is 5.38. The zero-order valence-electron chi connectivity index (χ0n) is 11.5. The average molecular weight is 251 g/mol. The standard InChI is InChI=1S/C15H22FNO/c1-9(15(2,3)4)13-8-12(17)11-6-5-10(16)7-14(11)18-13/h5-7,9,12-13H,8,17H2,1-4H3. The molecule has 18 heavy (non-hydrogen) atoms. The third-order valence-electron chi connectivity index (χ3n) is 4.06. The van der Waals surface area contributed by atoms with E-state index in [1.165, 1.54) is 12.1 Å². The third kappa shape index (κ3) is 2.51. The van der Waals surface area contributed by atoms with Gasteiger partial charge in [-0.05, 0) is 17.4 Å². The fourth-order valence-electron chi connectivity index (χ4n) is 2.37. The van der Waals surface area contributed by atoms with E-state index in [-0.39, 0.29) is 23.4 Å². The van der Waals surface area contributed by atoms with Gasteiger partial charge in [0.15, 0.2) is 0 Å². The smallest absolute Gasteiger partial charge is 0.127 e. The summed E-state index contributed by atoms with van der Waals surface area (Å²) in [4.78, 5) is 0. The Morgan fingerprint density at radius 2 is 2.06 bits per heavy atom. The summed E-state index contributed by atoms with van der Waals surface area (Å²) >= 11 is 0. The molecule has 0 saturated carbocycles. The van der Waals surface area contributed by atoms with E-state index in [9.17, 15) is 4.39 Å². The molecular formula is C15H22FNO. The first-order chi connectivity index (χ1) is 8.29. The highest BCUT2D eigenvalue weighted by atomic mass is 19.1. The minimum atomic E-state index is -0.273. The summed E-state index contributed by atoms with van der Waals surface area (Å²) in [5.74, 6) is 0.694. The number of benzene rings is 1. The van der Waals surface area contributed by atoms with E-state index < -0.39 is 0 Å². The second-order valence-corrected chi connectivity index (χ2v) is 6.34. The molecule has 0 bridgehead atoms. The van der Waals surface area contributed by atoms with Crippen molar-refractivity contribution in [1.82, 2.24) is 0 Å². The lowest BCUT2D eigenvalue weighted by Gasteiger charge is -2.39. The van der Waals surface area contributed by atoms with Gasteiger partial charge in [-0.25, -0.2) is 4.39 Å². The fourth-order valence-corrected chi connectivity index (χ4v) is 2.37. The van der Waals surface area contributed by atoms with Crippen LogP contribution < -0.4 is 10.5 Å². The molecule has 100 valence electrons. The molecule has 0 radical (unpaired) electrons. The van der Waals surface area contributed by atoms with Gasteiger partial charge in [0, 0.05) is 24.1 Å². The van der Waals surface area contributed by atoms with Gasteiger partial charge in [0.05, 0.1) is 0 Å². The van der Waals surface area contributed by atoms with Crippen LogP contribution in [0.2, 0.25) is 0 Å². The van der Waals surface area contributed by atoms with Crippen molar-refractivity contribution in [2.24, 2.45) is 17.1 Å². The van der Waals surface area contributed by atoms with Gasteiger partial charge in [-0.3, -0.25) is 0 Å². The van der Waals surface area contributed by atoms with Crippen LogP contribution in [0.25, 0.3) is 0 Å². The average Bonchev–Trinajstić information content (AvgIpc) is 2.25. The Balaban J connectivity index is 2.27. The maximum Gasteiger partial charge on any atom is 0.127 e. The van der Waals surface area contributed by atoms with Gasteiger partial charge in [-0.2, -0.15) is 0 Å². The lowest BCUT2D eigenvalue weighted by atomic mass is 9.76. The second-order valence-electron chi connectivity index (χ2n) is 6.34. The van der Waals surface area contributed by atoms with Gasteiger partial charge in [0.1, 0.15) is 17.7 Å². The normalized spacial score (nSPS) is 25.2. The first kappa shape index (κ1) is 13.3. The summed E-state index contributed by atoms with van der Waals surface area (Å²) < 4.78 is 19.2. The molecule has 0 spiro atoms. The van der Waals surface area contributed by atoms with Gasteiger partial charge in [-0.15, -0.1) is 0 Å². The zero-order valence-corrected chi connectivity index (χ0v) is 11.5. The van der Waals surface area contributed by atoms with E-state index in [1.54, 1.807) is 6.07 Å². The molecule has 2 nitrogen and oxygen atoms in total. The van der Waals surface area contributed by atoms with Crippen LogP contribution in [-0.2, 0) is 0 Å². The highest BCUT2D eigenvalue weighted by Gasteiger charge is 2.35. The molecule has 0 aromatic heterocycles. The highest BCUT2D eigenvalue weighted by Crippen LogP contribution is 2.40. The molecule has 2 N–H and O–H groups in total. The molecule has 3 atom stereocenters. The van der Waals surface area contributed by atoms with Crippen molar-refractivity contribution in [2.45, 2.75) is 46.3 Å². The molecular weight excluding hydrogens is 229 g/mol. The quantitative estimate of drug-likeness (QED) is 0.826. The maximum atomic E-state index is 13.3. The molecule has 1 aliphatic rings. The summed E-state index contributed by atoms with van der Waals surface area (Å²) in [6.07, 6.45) is 0.839. The predicted octanol–water partition coefficient (Wildman–Crippen LogP) is 3.66. The van der Waals surface area contributed by atoms with Crippen LogP contribution >= 0.6 is 0 Å². The first-order valence-corrected chi connectivity index (χ1v) is 6.50. The molecule has 0 aliphatic carbocycles. The molecule has 1 aromatic carbocycles. The predicted molar refractivity (Wildman–Crippen MR) is 71.0 cm³/mol. The van der Waals surface area contributed by atoms with Gasteiger partial charge in [-0.1, -0.05) is 33.8 Å². The molecule has 1 aliphatic heterocycles. The van der Waals surface area contributed by atoms with Crippen molar-refractivity contribution < 1.29 is 9.13 Å². The van der Waals surface area contributed by atoms with Crippen molar-refractivity contribution in [3.05, 3.63) is 29.6 Å². The topological polar surface area (TPSA) is 35.2 Å². The monoisotopic (exact) mass is 251 g/mol. The van der Waals surface area contributed by atoms with E-state index >= 15 is 0 Å². The Bertz CT molecular complexity index is 439. The summed E-state index contributed by atoms with van der Waals surface area (Å²) in [6, 6.07) is 4.55. The lowest BCUT2D eigenvalue weighted by Crippen LogP contribution is -2.39. The molecule has 1 heterocycles. The van der Waals surface area contributed by atoms with Crippen molar-refractivity contribution in [2.75, 3.05) is 0 Å². The van der Waals surface area contributed by atoms with Crippen LogP contribution in [0.4, 0.5) is 4.39 Å². The first-order valence-electron chi connectivity index (χ1n) is 6.50. The van der Waals surface area contributed by atoms with Crippen LogP contribution in [-0.4, -0.2) is 6.10 Å². The summed E-state index contributed by atoms with van der Waals surface area (Å²) in [5.41, 5.74) is 7.22. The van der Waals surface area contributed by atoms with Crippen LogP contribution in [0.15, 0.2) is 18.2 Å². The summed E-state index contributed by atoms with van der Waals surface area (Å²) in [5, 5.41) is 0. The Labute approximate surface area is 108 Å². The van der Waals surface area contributed by atoms with E-state index in [1.807, 2.05) is 0 Å². The molecule has 0 fully saturated rings. The number of halogens is 1. The minimum Gasteiger partial charge on any atom is -0.490 e. The summed E-state index contributed by atoms with van der Waals surface area (Å²) in [7, 11) is 0. The molecule has 1 aromatic rings. The van der Waals surface area contributed by atoms with Gasteiger partial charge in [0.2, 0.25) is 0 Å². The number of rotatable bonds is 1. The Morgan fingerprint density at radius 3 is 2.67 bits per heavy atom. The molecule has 3 heteroatoms. The SMILES string of the molecule is CC(C1CC(N)c2ccc(F)cc2O1)C(C)(C)C. The molecule has 2 rings (SSSR count).